The molecule has 0 aliphatic carbocycles. The zero-order valence-corrected chi connectivity index (χ0v) is 25.9. The molecule has 1 aliphatic heterocycles. The normalized spacial score (nSPS) is 15.7. The third kappa shape index (κ3) is 10.5. The summed E-state index contributed by atoms with van der Waals surface area (Å²) in [7, 11) is 0. The van der Waals surface area contributed by atoms with Crippen LogP contribution in [0, 0.1) is 10.1 Å². The first kappa shape index (κ1) is 34.8. The predicted octanol–water partition coefficient (Wildman–Crippen LogP) is 1.97. The molecule has 2 heterocycles. The van der Waals surface area contributed by atoms with Gasteiger partial charge >= 0.3 is 0 Å². The van der Waals surface area contributed by atoms with Crippen molar-refractivity contribution < 1.29 is 38.4 Å². The number of nitrogens with zero attached hydrogens (tertiary/aromatic N) is 2. The van der Waals surface area contributed by atoms with Gasteiger partial charge < -0.3 is 36.1 Å². The molecule has 0 saturated carbocycles. The van der Waals surface area contributed by atoms with Gasteiger partial charge in [-0.3, -0.25) is 34.1 Å². The summed E-state index contributed by atoms with van der Waals surface area (Å²) >= 11 is 0. The molecular formula is C32H35N7O9. The quantitative estimate of drug-likeness (QED) is 0.203. The van der Waals surface area contributed by atoms with Crippen molar-refractivity contribution in [3.05, 3.63) is 87.7 Å². The largest absolute Gasteiger partial charge is 0.481 e. The number of anilines is 1. The summed E-state index contributed by atoms with van der Waals surface area (Å²) in [5.74, 6) is -2.22. The lowest BCUT2D eigenvalue weighted by atomic mass is 10.2. The van der Waals surface area contributed by atoms with E-state index in [-0.39, 0.29) is 39.8 Å². The Kier molecular flexibility index (Phi) is 12.8. The number of para-hydroxylation sites is 1. The van der Waals surface area contributed by atoms with Crippen molar-refractivity contribution in [3.63, 3.8) is 0 Å². The molecule has 16 heteroatoms. The predicted molar refractivity (Wildman–Crippen MR) is 172 cm³/mol. The number of non-ortho nitro benzene ring substituents is 1. The van der Waals surface area contributed by atoms with E-state index < -0.39 is 47.7 Å². The standard InChI is InChI=1S/C32H35N7O9/c40-27-19-47-25-9-6-10-26(29(25)38-30(42)21-11-13-22(14-12-21)39(45)46)48-20-28(41)34-16-2-4-18-36-32(44)24-8-5-7-23(37-24)31(43)35-17-3-1-15-33-27/h5-14H,1-4,15-20H2,(H,33,40)(H,34,41)(H,35,43)(H,36,44)(H,38,42). The summed E-state index contributed by atoms with van der Waals surface area (Å²) in [6.07, 6.45) is 2.20. The van der Waals surface area contributed by atoms with E-state index in [1.54, 1.807) is 12.1 Å². The highest BCUT2D eigenvalue weighted by atomic mass is 16.6. The van der Waals surface area contributed by atoms with Gasteiger partial charge in [-0.25, -0.2) is 4.98 Å². The Balaban J connectivity index is 1.45. The van der Waals surface area contributed by atoms with Gasteiger partial charge in [0.15, 0.2) is 13.2 Å². The van der Waals surface area contributed by atoms with Gasteiger partial charge in [-0.1, -0.05) is 12.1 Å². The van der Waals surface area contributed by atoms with Crippen LogP contribution < -0.4 is 36.1 Å². The van der Waals surface area contributed by atoms with Crippen LogP contribution in [0.2, 0.25) is 0 Å². The molecule has 0 atom stereocenters. The van der Waals surface area contributed by atoms with Gasteiger partial charge in [0.2, 0.25) is 0 Å². The molecule has 252 valence electrons. The molecule has 4 bridgehead atoms. The van der Waals surface area contributed by atoms with Gasteiger partial charge in [0.1, 0.15) is 28.6 Å². The second kappa shape index (κ2) is 17.6. The minimum absolute atomic E-state index is 0.0497. The Morgan fingerprint density at radius 2 is 1.15 bits per heavy atom. The number of nitrogens with one attached hydrogen (secondary N) is 5. The van der Waals surface area contributed by atoms with Crippen LogP contribution >= 0.6 is 0 Å². The van der Waals surface area contributed by atoms with Crippen molar-refractivity contribution in [3.8, 4) is 11.5 Å². The summed E-state index contributed by atoms with van der Waals surface area (Å²) in [5.41, 5.74) is 0.180. The molecule has 0 saturated heterocycles. The smallest absolute Gasteiger partial charge is 0.269 e. The zero-order valence-electron chi connectivity index (χ0n) is 25.9. The monoisotopic (exact) mass is 661 g/mol. The van der Waals surface area contributed by atoms with Gasteiger partial charge in [0.25, 0.3) is 35.2 Å². The number of hydrogen-bond acceptors (Lipinski definition) is 10. The third-order valence-corrected chi connectivity index (χ3v) is 6.92. The number of amides is 5. The maximum atomic E-state index is 13.1. The molecule has 4 rings (SSSR count). The molecule has 16 nitrogen and oxygen atoms in total. The highest BCUT2D eigenvalue weighted by Gasteiger charge is 2.19. The van der Waals surface area contributed by atoms with Crippen LogP contribution in [-0.4, -0.2) is 78.8 Å². The van der Waals surface area contributed by atoms with Crippen LogP contribution in [-0.2, 0) is 9.59 Å². The maximum Gasteiger partial charge on any atom is 0.269 e. The van der Waals surface area contributed by atoms with E-state index in [2.05, 4.69) is 31.6 Å². The van der Waals surface area contributed by atoms with Crippen molar-refractivity contribution in [1.82, 2.24) is 26.3 Å². The van der Waals surface area contributed by atoms with E-state index in [9.17, 15) is 34.1 Å². The van der Waals surface area contributed by atoms with Gasteiger partial charge in [-0.2, -0.15) is 0 Å². The first-order chi connectivity index (χ1) is 23.2. The third-order valence-electron chi connectivity index (χ3n) is 6.92. The molecule has 0 spiro atoms. The number of benzene rings is 2. The second-order valence-corrected chi connectivity index (χ2v) is 10.5. The summed E-state index contributed by atoms with van der Waals surface area (Å²) in [5, 5.41) is 24.6. The number of fused-ring (bicyclic) bond motifs is 4. The Labute approximate surface area is 275 Å². The molecule has 48 heavy (non-hydrogen) atoms. The Hall–Kier alpha value is -6.06. The van der Waals surface area contributed by atoms with Crippen molar-refractivity contribution in [2.45, 2.75) is 25.7 Å². The first-order valence-corrected chi connectivity index (χ1v) is 15.2. The van der Waals surface area contributed by atoms with Gasteiger partial charge in [-0.05, 0) is 62.1 Å². The van der Waals surface area contributed by atoms with Crippen molar-refractivity contribution in [2.24, 2.45) is 0 Å². The lowest BCUT2D eigenvalue weighted by Crippen LogP contribution is -2.32. The first-order valence-electron chi connectivity index (χ1n) is 15.2. The van der Waals surface area contributed by atoms with Crippen LogP contribution in [0.4, 0.5) is 11.4 Å². The van der Waals surface area contributed by atoms with E-state index in [0.29, 0.717) is 51.9 Å². The topological polar surface area (TPSA) is 220 Å². The van der Waals surface area contributed by atoms with E-state index in [4.69, 9.17) is 9.47 Å². The van der Waals surface area contributed by atoms with Gasteiger partial charge in [0, 0.05) is 43.9 Å². The van der Waals surface area contributed by atoms with E-state index >= 15 is 0 Å². The average molecular weight is 662 g/mol. The fourth-order valence-electron chi connectivity index (χ4n) is 4.41. The highest BCUT2D eigenvalue weighted by molar-refractivity contribution is 6.06. The van der Waals surface area contributed by atoms with Crippen molar-refractivity contribution >= 4 is 40.9 Å². The Morgan fingerprint density at radius 3 is 1.62 bits per heavy atom. The molecule has 0 unspecified atom stereocenters. The molecule has 1 aliphatic rings. The molecule has 3 aromatic rings. The van der Waals surface area contributed by atoms with Crippen molar-refractivity contribution in [1.29, 1.82) is 0 Å². The maximum absolute atomic E-state index is 13.1. The van der Waals surface area contributed by atoms with Crippen LogP contribution in [0.3, 0.4) is 0 Å². The number of hydrogen-bond donors (Lipinski definition) is 5. The van der Waals surface area contributed by atoms with E-state index in [0.717, 1.165) is 0 Å². The number of pyridine rings is 1. The Morgan fingerprint density at radius 1 is 0.688 bits per heavy atom. The lowest BCUT2D eigenvalue weighted by Gasteiger charge is -2.17. The fraction of sp³-hybridized carbons (Fsp3) is 0.312. The number of nitro benzene ring substituents is 1. The number of rotatable bonds is 3. The minimum Gasteiger partial charge on any atom is -0.481 e. The summed E-state index contributed by atoms with van der Waals surface area (Å²) < 4.78 is 11.4. The van der Waals surface area contributed by atoms with Crippen LogP contribution in [0.1, 0.15) is 57.0 Å². The number of carbonyl (C=O) groups excluding carboxylic acids is 5. The summed E-state index contributed by atoms with van der Waals surface area (Å²) in [6.45, 7) is 0.435. The average Bonchev–Trinajstić information content (AvgIpc) is 3.09. The number of ether oxygens (including phenoxy) is 2. The Bertz CT molecular complexity index is 1570. The number of nitro groups is 1. The molecule has 0 fully saturated rings. The molecule has 2 aromatic carbocycles. The fourth-order valence-corrected chi connectivity index (χ4v) is 4.41. The zero-order chi connectivity index (χ0) is 34.3. The number of carbonyl (C=O) groups is 5. The molecule has 1 aromatic heterocycles. The minimum atomic E-state index is -0.637. The van der Waals surface area contributed by atoms with Gasteiger partial charge in [-0.15, -0.1) is 0 Å². The summed E-state index contributed by atoms with van der Waals surface area (Å²) in [6, 6.07) is 14.1. The second-order valence-electron chi connectivity index (χ2n) is 10.5. The van der Waals surface area contributed by atoms with Crippen LogP contribution in [0.5, 0.6) is 11.5 Å². The number of aromatic nitrogens is 1. The van der Waals surface area contributed by atoms with E-state index in [1.165, 1.54) is 48.5 Å². The van der Waals surface area contributed by atoms with Crippen LogP contribution in [0.25, 0.3) is 0 Å². The van der Waals surface area contributed by atoms with E-state index in [1.807, 2.05) is 0 Å². The highest BCUT2D eigenvalue weighted by Crippen LogP contribution is 2.35. The molecule has 5 amide bonds. The van der Waals surface area contributed by atoms with Crippen LogP contribution in [0.15, 0.2) is 60.7 Å². The van der Waals surface area contributed by atoms with Crippen molar-refractivity contribution in [2.75, 3.05) is 44.7 Å². The molecule has 5 N–H and O–H groups in total. The van der Waals surface area contributed by atoms with Gasteiger partial charge in [0.05, 0.1) is 4.92 Å². The lowest BCUT2D eigenvalue weighted by molar-refractivity contribution is -0.384. The molecular weight excluding hydrogens is 626 g/mol. The summed E-state index contributed by atoms with van der Waals surface area (Å²) in [4.78, 5) is 77.8. The molecule has 0 radical (unpaired) electrons. The SMILES string of the molecule is O=C1COc2cccc(c2NC(=O)c2ccc([N+](=O)[O-])cc2)OCC(=O)NCCCCNC(=O)c2cccc(n2)C(=O)NCCCCN1.